The van der Waals surface area contributed by atoms with E-state index in [4.69, 9.17) is 20.3 Å². The standard InChI is InChI=1S/C14H12O2.C8H7BrO2.C6H7BO2/c1-10-9-12(7-8-13(10)14(15)16)11-5-3-2-4-6-11;1-5-4-6(9)2-3-7(5)8(10)11;8-7(9)6-4-2-1-3-5-6/h2-9H,1H3,(H,15,16);2-4H,1H3,(H,10,11);1-5,8-9H. The Morgan fingerprint density at radius 3 is 1.53 bits per heavy atom. The van der Waals surface area contributed by atoms with Gasteiger partial charge in [-0.1, -0.05) is 88.7 Å². The molecule has 0 aromatic heterocycles. The van der Waals surface area contributed by atoms with Crippen LogP contribution in [0.3, 0.4) is 0 Å². The highest BCUT2D eigenvalue weighted by Crippen LogP contribution is 2.22. The summed E-state index contributed by atoms with van der Waals surface area (Å²) in [5, 5.41) is 34.7. The Morgan fingerprint density at radius 1 is 0.639 bits per heavy atom. The number of benzene rings is 4. The molecule has 0 amide bonds. The number of halogens is 1. The minimum absolute atomic E-state index is 0.355. The number of rotatable bonds is 4. The maximum Gasteiger partial charge on any atom is 0.488 e. The molecule has 0 unspecified atom stereocenters. The van der Waals surface area contributed by atoms with Crippen LogP contribution in [0.25, 0.3) is 11.1 Å². The summed E-state index contributed by atoms with van der Waals surface area (Å²) in [5.41, 5.74) is 4.94. The lowest BCUT2D eigenvalue weighted by Gasteiger charge is -2.05. The first-order valence-corrected chi connectivity index (χ1v) is 11.7. The molecule has 0 heterocycles. The fourth-order valence-corrected chi connectivity index (χ4v) is 3.68. The van der Waals surface area contributed by atoms with E-state index < -0.39 is 19.1 Å². The first-order chi connectivity index (χ1) is 17.1. The van der Waals surface area contributed by atoms with Crippen LogP contribution in [0.1, 0.15) is 31.8 Å². The molecule has 0 saturated heterocycles. The lowest BCUT2D eigenvalue weighted by atomic mass is 9.81. The predicted octanol–water partition coefficient (Wildman–Crippen LogP) is 5.18. The molecule has 4 N–H and O–H groups in total. The Bertz CT molecular complexity index is 1290. The van der Waals surface area contributed by atoms with Crippen LogP contribution < -0.4 is 5.46 Å². The van der Waals surface area contributed by atoms with Gasteiger partial charge in [-0.3, -0.25) is 0 Å². The minimum atomic E-state index is -1.34. The van der Waals surface area contributed by atoms with Gasteiger partial charge in [0.1, 0.15) is 0 Å². The number of hydrogen-bond acceptors (Lipinski definition) is 4. The monoisotopic (exact) mass is 548 g/mol. The summed E-state index contributed by atoms with van der Waals surface area (Å²) in [7, 11) is -1.34. The molecule has 0 atom stereocenters. The number of aromatic carboxylic acids is 2. The van der Waals surface area contributed by atoms with Crippen molar-refractivity contribution in [2.24, 2.45) is 0 Å². The molecule has 0 aliphatic heterocycles. The zero-order chi connectivity index (χ0) is 26.7. The van der Waals surface area contributed by atoms with Gasteiger partial charge < -0.3 is 20.3 Å². The fourth-order valence-electron chi connectivity index (χ4n) is 3.21. The van der Waals surface area contributed by atoms with Gasteiger partial charge in [-0.15, -0.1) is 0 Å². The van der Waals surface area contributed by atoms with E-state index in [9.17, 15) is 9.59 Å². The summed E-state index contributed by atoms with van der Waals surface area (Å²) in [6.07, 6.45) is 0. The Balaban J connectivity index is 0.000000200. The molecule has 0 saturated carbocycles. The van der Waals surface area contributed by atoms with Gasteiger partial charge in [0.15, 0.2) is 0 Å². The maximum atomic E-state index is 10.9. The third-order valence-electron chi connectivity index (χ3n) is 5.08. The lowest BCUT2D eigenvalue weighted by molar-refractivity contribution is 0.0685. The summed E-state index contributed by atoms with van der Waals surface area (Å²) in [5.74, 6) is -1.76. The molecule has 0 fully saturated rings. The molecule has 4 rings (SSSR count). The average Bonchev–Trinajstić information content (AvgIpc) is 2.85. The van der Waals surface area contributed by atoms with Crippen molar-refractivity contribution in [3.63, 3.8) is 0 Å². The van der Waals surface area contributed by atoms with Gasteiger partial charge in [0, 0.05) is 4.47 Å². The van der Waals surface area contributed by atoms with Gasteiger partial charge >= 0.3 is 19.1 Å². The van der Waals surface area contributed by atoms with Crippen LogP contribution in [0, 0.1) is 13.8 Å². The zero-order valence-corrected chi connectivity index (χ0v) is 21.4. The number of aryl methyl sites for hydroxylation is 2. The first kappa shape index (κ1) is 28.5. The van der Waals surface area contributed by atoms with Crippen molar-refractivity contribution in [1.82, 2.24) is 0 Å². The van der Waals surface area contributed by atoms with E-state index in [1.807, 2.05) is 55.5 Å². The third-order valence-corrected chi connectivity index (χ3v) is 5.57. The SMILES string of the molecule is Cc1cc(-c2ccccc2)ccc1C(=O)O.Cc1cc(Br)ccc1C(=O)O.OB(O)c1ccccc1. The van der Waals surface area contributed by atoms with Crippen LogP contribution in [-0.2, 0) is 0 Å². The Hall–Kier alpha value is -3.72. The van der Waals surface area contributed by atoms with Gasteiger partial charge in [0.05, 0.1) is 11.1 Å². The fraction of sp³-hybridized carbons (Fsp3) is 0.0714. The molecular formula is C28H26BBrO6. The maximum absolute atomic E-state index is 10.9. The molecule has 4 aromatic carbocycles. The van der Waals surface area contributed by atoms with Gasteiger partial charge in [-0.2, -0.15) is 0 Å². The van der Waals surface area contributed by atoms with E-state index in [2.05, 4.69) is 15.9 Å². The van der Waals surface area contributed by atoms with Gasteiger partial charge in [-0.05, 0) is 65.8 Å². The van der Waals surface area contributed by atoms with Crippen molar-refractivity contribution in [2.75, 3.05) is 0 Å². The summed E-state index contributed by atoms with van der Waals surface area (Å²) in [6.45, 7) is 3.59. The first-order valence-electron chi connectivity index (χ1n) is 10.9. The summed E-state index contributed by atoms with van der Waals surface area (Å²) in [6, 6.07) is 29.1. The second-order valence-corrected chi connectivity index (χ2v) is 8.67. The van der Waals surface area contributed by atoms with Crippen LogP contribution in [0.2, 0.25) is 0 Å². The van der Waals surface area contributed by atoms with Crippen LogP contribution in [0.5, 0.6) is 0 Å². The van der Waals surface area contributed by atoms with E-state index in [1.165, 1.54) is 0 Å². The van der Waals surface area contributed by atoms with Crippen LogP contribution in [0.15, 0.2) is 102 Å². The van der Waals surface area contributed by atoms with Gasteiger partial charge in [0.2, 0.25) is 0 Å². The lowest BCUT2D eigenvalue weighted by Crippen LogP contribution is -2.29. The number of carboxylic acids is 2. The summed E-state index contributed by atoms with van der Waals surface area (Å²) >= 11 is 3.25. The van der Waals surface area contributed by atoms with E-state index in [1.54, 1.807) is 55.5 Å². The van der Waals surface area contributed by atoms with Gasteiger partial charge in [-0.25, -0.2) is 9.59 Å². The van der Waals surface area contributed by atoms with Crippen molar-refractivity contribution in [2.45, 2.75) is 13.8 Å². The van der Waals surface area contributed by atoms with Gasteiger partial charge in [0.25, 0.3) is 0 Å². The van der Waals surface area contributed by atoms with E-state index in [0.29, 0.717) is 16.6 Å². The molecule has 6 nitrogen and oxygen atoms in total. The summed E-state index contributed by atoms with van der Waals surface area (Å²) in [4.78, 5) is 21.4. The van der Waals surface area contributed by atoms with Crippen molar-refractivity contribution < 1.29 is 29.9 Å². The predicted molar refractivity (Wildman–Crippen MR) is 146 cm³/mol. The second kappa shape index (κ2) is 14.0. The molecule has 184 valence electrons. The van der Waals surface area contributed by atoms with Crippen molar-refractivity contribution in [1.29, 1.82) is 0 Å². The Labute approximate surface area is 218 Å². The quantitative estimate of drug-likeness (QED) is 0.261. The smallest absolute Gasteiger partial charge is 0.478 e. The highest BCUT2D eigenvalue weighted by Gasteiger charge is 2.08. The van der Waals surface area contributed by atoms with Crippen molar-refractivity contribution in [3.05, 3.63) is 124 Å². The number of carbonyl (C=O) groups is 2. The largest absolute Gasteiger partial charge is 0.488 e. The van der Waals surface area contributed by atoms with Crippen LogP contribution >= 0.6 is 15.9 Å². The molecule has 0 aliphatic rings. The van der Waals surface area contributed by atoms with Crippen LogP contribution in [-0.4, -0.2) is 39.3 Å². The molecule has 0 spiro atoms. The molecule has 8 heteroatoms. The minimum Gasteiger partial charge on any atom is -0.478 e. The van der Waals surface area contributed by atoms with Crippen molar-refractivity contribution in [3.8, 4) is 11.1 Å². The Morgan fingerprint density at radius 2 is 1.11 bits per heavy atom. The highest BCUT2D eigenvalue weighted by molar-refractivity contribution is 9.10. The molecule has 36 heavy (non-hydrogen) atoms. The van der Waals surface area contributed by atoms with Crippen LogP contribution in [0.4, 0.5) is 0 Å². The van der Waals surface area contributed by atoms with Crippen molar-refractivity contribution >= 4 is 40.4 Å². The topological polar surface area (TPSA) is 115 Å². The van der Waals surface area contributed by atoms with E-state index >= 15 is 0 Å². The zero-order valence-electron chi connectivity index (χ0n) is 19.8. The molecule has 0 bridgehead atoms. The number of hydrogen-bond donors (Lipinski definition) is 4. The highest BCUT2D eigenvalue weighted by atomic mass is 79.9. The number of carboxylic acid groups (broad SMARTS) is 2. The van der Waals surface area contributed by atoms with E-state index in [0.717, 1.165) is 26.7 Å². The second-order valence-electron chi connectivity index (χ2n) is 7.75. The molecule has 0 aliphatic carbocycles. The van der Waals surface area contributed by atoms with E-state index in [-0.39, 0.29) is 0 Å². The third kappa shape index (κ3) is 8.81. The average molecular weight is 549 g/mol. The summed E-state index contributed by atoms with van der Waals surface area (Å²) < 4.78 is 0.903. The molecule has 4 aromatic rings. The normalized spacial score (nSPS) is 9.69. The molecule has 0 radical (unpaired) electrons. The Kier molecular flexibility index (Phi) is 11.1. The molecular weight excluding hydrogens is 523 g/mol.